The van der Waals surface area contributed by atoms with Crippen LogP contribution in [0.15, 0.2) is 29.8 Å². The van der Waals surface area contributed by atoms with Crippen LogP contribution in [0.5, 0.6) is 0 Å². The van der Waals surface area contributed by atoms with Crippen molar-refractivity contribution >= 4 is 11.3 Å². The molecule has 0 aliphatic carbocycles. The van der Waals surface area contributed by atoms with Crippen molar-refractivity contribution in [3.8, 4) is 0 Å². The fraction of sp³-hybridized carbons (Fsp3) is 0.182. The summed E-state index contributed by atoms with van der Waals surface area (Å²) >= 11 is 1.53. The molecule has 2 rings (SSSR count). The number of hydrogen-bond acceptors (Lipinski definition) is 3. The van der Waals surface area contributed by atoms with E-state index in [4.69, 9.17) is 5.73 Å². The van der Waals surface area contributed by atoms with Crippen LogP contribution in [-0.4, -0.2) is 4.98 Å². The molecule has 78 valence electrons. The Labute approximate surface area is 91.6 Å². The van der Waals surface area contributed by atoms with Crippen molar-refractivity contribution in [2.45, 2.75) is 13.0 Å². The number of halogens is 1. The molecule has 0 amide bonds. The molecule has 2 aromatic rings. The number of thiophene rings is 1. The summed E-state index contributed by atoms with van der Waals surface area (Å²) < 4.78 is 13.4. The van der Waals surface area contributed by atoms with Gasteiger partial charge in [0.05, 0.1) is 11.7 Å². The fourth-order valence-corrected chi connectivity index (χ4v) is 2.38. The smallest absolute Gasteiger partial charge is 0.146 e. The fourth-order valence-electron chi connectivity index (χ4n) is 1.45. The molecule has 2 heterocycles. The van der Waals surface area contributed by atoms with Crippen LogP contribution < -0.4 is 5.73 Å². The van der Waals surface area contributed by atoms with Crippen molar-refractivity contribution in [1.29, 1.82) is 0 Å². The maximum Gasteiger partial charge on any atom is 0.146 e. The first kappa shape index (κ1) is 10.3. The second-order valence-corrected chi connectivity index (χ2v) is 4.26. The highest BCUT2D eigenvalue weighted by Gasteiger charge is 2.17. The monoisotopic (exact) mass is 222 g/mol. The zero-order chi connectivity index (χ0) is 10.8. The Morgan fingerprint density at radius 2 is 2.27 bits per heavy atom. The predicted octanol–water partition coefficient (Wildman–Crippen LogP) is 2.64. The predicted molar refractivity (Wildman–Crippen MR) is 59.3 cm³/mol. The first-order chi connectivity index (χ1) is 7.20. The van der Waals surface area contributed by atoms with Crippen LogP contribution in [-0.2, 0) is 0 Å². The van der Waals surface area contributed by atoms with Gasteiger partial charge < -0.3 is 5.73 Å². The van der Waals surface area contributed by atoms with Crippen LogP contribution in [0.2, 0.25) is 0 Å². The Kier molecular flexibility index (Phi) is 2.79. The van der Waals surface area contributed by atoms with Gasteiger partial charge in [-0.1, -0.05) is 0 Å². The van der Waals surface area contributed by atoms with Crippen LogP contribution in [0.25, 0.3) is 0 Å². The van der Waals surface area contributed by atoms with Crippen molar-refractivity contribution in [2.75, 3.05) is 0 Å². The van der Waals surface area contributed by atoms with E-state index < -0.39 is 6.04 Å². The van der Waals surface area contributed by atoms with Gasteiger partial charge in [-0.15, -0.1) is 11.3 Å². The largest absolute Gasteiger partial charge is 0.318 e. The lowest BCUT2D eigenvalue weighted by Crippen LogP contribution is -2.14. The number of aromatic nitrogens is 1. The topological polar surface area (TPSA) is 38.9 Å². The second kappa shape index (κ2) is 4.08. The Hall–Kier alpha value is -1.26. The van der Waals surface area contributed by atoms with Gasteiger partial charge in [0.1, 0.15) is 5.82 Å². The number of aryl methyl sites for hydroxylation is 1. The van der Waals surface area contributed by atoms with Gasteiger partial charge in [-0.2, -0.15) is 0 Å². The zero-order valence-corrected chi connectivity index (χ0v) is 9.09. The van der Waals surface area contributed by atoms with E-state index in [0.717, 1.165) is 10.4 Å². The standard InChI is InChI=1S/C11H11FN2S/c1-7-4-6-15-11(7)9(13)10-8(12)3-2-5-14-10/h2-6,9H,13H2,1H3. The molecule has 0 saturated heterocycles. The Morgan fingerprint density at radius 1 is 1.47 bits per heavy atom. The van der Waals surface area contributed by atoms with Crippen LogP contribution in [0.3, 0.4) is 0 Å². The molecule has 1 atom stereocenters. The summed E-state index contributed by atoms with van der Waals surface area (Å²) in [5.41, 5.74) is 7.36. The first-order valence-corrected chi connectivity index (χ1v) is 5.48. The number of hydrogen-bond donors (Lipinski definition) is 1. The number of rotatable bonds is 2. The first-order valence-electron chi connectivity index (χ1n) is 4.60. The van der Waals surface area contributed by atoms with Crippen LogP contribution >= 0.6 is 11.3 Å². The Balaban J connectivity index is 2.41. The van der Waals surface area contributed by atoms with E-state index >= 15 is 0 Å². The molecule has 0 saturated carbocycles. The van der Waals surface area contributed by atoms with E-state index in [1.54, 1.807) is 12.3 Å². The number of pyridine rings is 1. The Bertz CT molecular complexity index is 467. The van der Waals surface area contributed by atoms with Crippen molar-refractivity contribution in [3.05, 3.63) is 51.7 Å². The van der Waals surface area contributed by atoms with Gasteiger partial charge in [0.25, 0.3) is 0 Å². The molecule has 0 aliphatic rings. The molecule has 15 heavy (non-hydrogen) atoms. The highest BCUT2D eigenvalue weighted by atomic mass is 32.1. The van der Waals surface area contributed by atoms with Gasteiger partial charge in [-0.05, 0) is 36.1 Å². The summed E-state index contributed by atoms with van der Waals surface area (Å²) in [4.78, 5) is 4.95. The summed E-state index contributed by atoms with van der Waals surface area (Å²) in [5, 5.41) is 1.95. The number of nitrogens with two attached hydrogens (primary N) is 1. The second-order valence-electron chi connectivity index (χ2n) is 3.32. The third-order valence-corrected chi connectivity index (χ3v) is 3.37. The van der Waals surface area contributed by atoms with Crippen molar-refractivity contribution < 1.29 is 4.39 Å². The molecule has 0 radical (unpaired) electrons. The summed E-state index contributed by atoms with van der Waals surface area (Å²) in [5.74, 6) is -0.349. The molecule has 0 aromatic carbocycles. The Morgan fingerprint density at radius 3 is 2.87 bits per heavy atom. The lowest BCUT2D eigenvalue weighted by Gasteiger charge is -2.10. The molecule has 0 aliphatic heterocycles. The molecule has 4 heteroatoms. The summed E-state index contributed by atoms with van der Waals surface area (Å²) in [7, 11) is 0. The molecule has 2 nitrogen and oxygen atoms in total. The van der Waals surface area contributed by atoms with Gasteiger partial charge in [0.15, 0.2) is 0 Å². The molecular formula is C11H11FN2S. The minimum atomic E-state index is -0.466. The van der Waals surface area contributed by atoms with E-state index in [9.17, 15) is 4.39 Å². The highest BCUT2D eigenvalue weighted by molar-refractivity contribution is 7.10. The van der Waals surface area contributed by atoms with Gasteiger partial charge in [-0.25, -0.2) is 4.39 Å². The summed E-state index contributed by atoms with van der Waals surface area (Å²) in [6.45, 7) is 1.96. The van der Waals surface area contributed by atoms with E-state index in [2.05, 4.69) is 4.98 Å². The van der Waals surface area contributed by atoms with E-state index in [0.29, 0.717) is 5.69 Å². The SMILES string of the molecule is Cc1ccsc1C(N)c1ncccc1F. The minimum absolute atomic E-state index is 0.308. The van der Waals surface area contributed by atoms with Crippen molar-refractivity contribution in [1.82, 2.24) is 4.98 Å². The lowest BCUT2D eigenvalue weighted by atomic mass is 10.1. The average molecular weight is 222 g/mol. The quantitative estimate of drug-likeness (QED) is 0.848. The molecule has 2 N–H and O–H groups in total. The van der Waals surface area contributed by atoms with Gasteiger partial charge >= 0.3 is 0 Å². The normalized spacial score (nSPS) is 12.7. The minimum Gasteiger partial charge on any atom is -0.318 e. The maximum absolute atomic E-state index is 13.4. The number of nitrogens with zero attached hydrogens (tertiary/aromatic N) is 1. The highest BCUT2D eigenvalue weighted by Crippen LogP contribution is 2.27. The van der Waals surface area contributed by atoms with E-state index in [-0.39, 0.29) is 5.82 Å². The summed E-state index contributed by atoms with van der Waals surface area (Å²) in [6, 6.07) is 4.45. The molecule has 0 fully saturated rings. The molecule has 0 bridgehead atoms. The van der Waals surface area contributed by atoms with Gasteiger partial charge in [0.2, 0.25) is 0 Å². The maximum atomic E-state index is 13.4. The molecule has 0 spiro atoms. The third-order valence-electron chi connectivity index (χ3n) is 2.27. The van der Waals surface area contributed by atoms with Gasteiger partial charge in [-0.3, -0.25) is 4.98 Å². The van der Waals surface area contributed by atoms with Crippen LogP contribution in [0.4, 0.5) is 4.39 Å². The van der Waals surface area contributed by atoms with E-state index in [1.807, 2.05) is 18.4 Å². The molecule has 1 unspecified atom stereocenters. The average Bonchev–Trinajstić information content (AvgIpc) is 2.64. The lowest BCUT2D eigenvalue weighted by molar-refractivity contribution is 0.587. The van der Waals surface area contributed by atoms with Crippen LogP contribution in [0, 0.1) is 12.7 Å². The summed E-state index contributed by atoms with van der Waals surface area (Å²) in [6.07, 6.45) is 1.56. The third kappa shape index (κ3) is 1.91. The zero-order valence-electron chi connectivity index (χ0n) is 8.27. The van der Waals surface area contributed by atoms with Crippen LogP contribution in [0.1, 0.15) is 22.2 Å². The van der Waals surface area contributed by atoms with Crippen molar-refractivity contribution in [2.24, 2.45) is 5.73 Å². The van der Waals surface area contributed by atoms with E-state index in [1.165, 1.54) is 17.4 Å². The molecule has 2 aromatic heterocycles. The molecular weight excluding hydrogens is 211 g/mol. The van der Waals surface area contributed by atoms with Crippen molar-refractivity contribution in [3.63, 3.8) is 0 Å². The van der Waals surface area contributed by atoms with Gasteiger partial charge in [0, 0.05) is 11.1 Å².